The molecule has 0 aliphatic carbocycles. The van der Waals surface area contributed by atoms with Gasteiger partial charge in [0.25, 0.3) is 0 Å². The molecule has 0 nitrogen and oxygen atoms in total. The lowest BCUT2D eigenvalue weighted by molar-refractivity contribution is 1.07. The molecule has 0 unspecified atom stereocenters. The molecular formula is C21H27. The van der Waals surface area contributed by atoms with Gasteiger partial charge in [0.1, 0.15) is 0 Å². The lowest BCUT2D eigenvalue weighted by Crippen LogP contribution is -1.95. The van der Waals surface area contributed by atoms with Crippen molar-refractivity contribution < 1.29 is 0 Å². The zero-order valence-corrected chi connectivity index (χ0v) is 13.9. The van der Waals surface area contributed by atoms with Gasteiger partial charge in [-0.1, -0.05) is 64.1 Å². The van der Waals surface area contributed by atoms with Gasteiger partial charge in [-0.05, 0) is 59.1 Å². The SMILES string of the molecule is CCc1cc([CH]c2cc(CC)cc(CC)c2)cc(CC)c1. The maximum absolute atomic E-state index is 2.33. The summed E-state index contributed by atoms with van der Waals surface area (Å²) >= 11 is 0. The van der Waals surface area contributed by atoms with Crippen LogP contribution in [0.2, 0.25) is 0 Å². The highest BCUT2D eigenvalue weighted by Gasteiger charge is 2.04. The smallest absolute Gasteiger partial charge is 0.0199 e. The highest BCUT2D eigenvalue weighted by atomic mass is 14.1. The summed E-state index contributed by atoms with van der Waals surface area (Å²) in [6.45, 7) is 8.91. The van der Waals surface area contributed by atoms with E-state index in [4.69, 9.17) is 0 Å². The number of rotatable bonds is 6. The number of aryl methyl sites for hydroxylation is 4. The van der Waals surface area contributed by atoms with Crippen LogP contribution in [0.25, 0.3) is 0 Å². The Kier molecular flexibility index (Phi) is 5.61. The summed E-state index contributed by atoms with van der Waals surface area (Å²) in [5, 5.41) is 0. The molecule has 111 valence electrons. The summed E-state index contributed by atoms with van der Waals surface area (Å²) in [7, 11) is 0. The van der Waals surface area contributed by atoms with Crippen molar-refractivity contribution >= 4 is 0 Å². The molecule has 0 amide bonds. The van der Waals surface area contributed by atoms with Gasteiger partial charge in [-0.15, -0.1) is 0 Å². The average molecular weight is 279 g/mol. The van der Waals surface area contributed by atoms with Crippen LogP contribution in [0, 0.1) is 6.42 Å². The highest BCUT2D eigenvalue weighted by Crippen LogP contribution is 2.20. The molecule has 0 heteroatoms. The minimum Gasteiger partial charge on any atom is -0.0613 e. The van der Waals surface area contributed by atoms with Gasteiger partial charge in [0.15, 0.2) is 0 Å². The fraction of sp³-hybridized carbons (Fsp3) is 0.381. The fourth-order valence-electron chi connectivity index (χ4n) is 2.76. The monoisotopic (exact) mass is 279 g/mol. The molecule has 0 aliphatic rings. The first kappa shape index (κ1) is 15.8. The summed E-state index contributed by atoms with van der Waals surface area (Å²) in [6.07, 6.45) is 6.73. The van der Waals surface area contributed by atoms with Crippen LogP contribution in [0.4, 0.5) is 0 Å². The van der Waals surface area contributed by atoms with Gasteiger partial charge in [0.05, 0.1) is 0 Å². The van der Waals surface area contributed by atoms with E-state index in [-0.39, 0.29) is 0 Å². The molecule has 0 spiro atoms. The fourth-order valence-corrected chi connectivity index (χ4v) is 2.76. The van der Waals surface area contributed by atoms with Crippen molar-refractivity contribution in [2.24, 2.45) is 0 Å². The van der Waals surface area contributed by atoms with Crippen LogP contribution >= 0.6 is 0 Å². The molecule has 2 rings (SSSR count). The summed E-state index contributed by atoms with van der Waals surface area (Å²) in [5.74, 6) is 0. The Morgan fingerprint density at radius 1 is 0.524 bits per heavy atom. The Hall–Kier alpha value is -1.56. The first-order valence-electron chi connectivity index (χ1n) is 8.28. The molecule has 1 radical (unpaired) electrons. The van der Waals surface area contributed by atoms with E-state index in [1.165, 1.54) is 33.4 Å². The van der Waals surface area contributed by atoms with Gasteiger partial charge in [-0.3, -0.25) is 0 Å². The lowest BCUT2D eigenvalue weighted by Gasteiger charge is -2.10. The van der Waals surface area contributed by atoms with E-state index in [2.05, 4.69) is 70.5 Å². The zero-order chi connectivity index (χ0) is 15.2. The van der Waals surface area contributed by atoms with Crippen LogP contribution in [-0.2, 0) is 25.7 Å². The van der Waals surface area contributed by atoms with Gasteiger partial charge in [-0.25, -0.2) is 0 Å². The molecule has 0 N–H and O–H groups in total. The predicted molar refractivity (Wildman–Crippen MR) is 92.9 cm³/mol. The minimum absolute atomic E-state index is 1.10. The third kappa shape index (κ3) is 4.20. The molecule has 0 saturated heterocycles. The molecule has 0 aliphatic heterocycles. The van der Waals surface area contributed by atoms with Crippen molar-refractivity contribution in [2.75, 3.05) is 0 Å². The van der Waals surface area contributed by atoms with Gasteiger partial charge in [-0.2, -0.15) is 0 Å². The standard InChI is InChI=1S/C21H27/c1-5-16-9-17(6-2)12-20(11-16)15-21-13-18(7-3)10-19(8-4)14-21/h9-15H,5-8H2,1-4H3. The Morgan fingerprint density at radius 2 is 0.810 bits per heavy atom. The van der Waals surface area contributed by atoms with Gasteiger partial charge in [0, 0.05) is 6.42 Å². The third-order valence-corrected chi connectivity index (χ3v) is 4.12. The van der Waals surface area contributed by atoms with Crippen molar-refractivity contribution in [3.63, 3.8) is 0 Å². The summed E-state index contributed by atoms with van der Waals surface area (Å²) in [4.78, 5) is 0. The quantitative estimate of drug-likeness (QED) is 0.651. The topological polar surface area (TPSA) is 0 Å². The molecule has 0 atom stereocenters. The largest absolute Gasteiger partial charge is 0.0613 e. The molecule has 21 heavy (non-hydrogen) atoms. The molecule has 2 aromatic carbocycles. The van der Waals surface area contributed by atoms with Gasteiger partial charge in [0.2, 0.25) is 0 Å². The first-order valence-corrected chi connectivity index (χ1v) is 8.28. The normalized spacial score (nSPS) is 10.9. The second kappa shape index (κ2) is 7.45. The van der Waals surface area contributed by atoms with E-state index < -0.39 is 0 Å². The maximum atomic E-state index is 2.33. The van der Waals surface area contributed by atoms with Crippen molar-refractivity contribution in [3.05, 3.63) is 76.2 Å². The minimum atomic E-state index is 1.10. The van der Waals surface area contributed by atoms with E-state index in [0.717, 1.165) is 25.7 Å². The van der Waals surface area contributed by atoms with Crippen molar-refractivity contribution in [2.45, 2.75) is 53.4 Å². The van der Waals surface area contributed by atoms with Gasteiger partial charge >= 0.3 is 0 Å². The van der Waals surface area contributed by atoms with E-state index in [9.17, 15) is 0 Å². The van der Waals surface area contributed by atoms with E-state index in [1.807, 2.05) is 0 Å². The van der Waals surface area contributed by atoms with Crippen molar-refractivity contribution in [1.29, 1.82) is 0 Å². The van der Waals surface area contributed by atoms with Crippen LogP contribution in [-0.4, -0.2) is 0 Å². The van der Waals surface area contributed by atoms with Crippen molar-refractivity contribution in [1.82, 2.24) is 0 Å². The molecule has 2 aromatic rings. The molecular weight excluding hydrogens is 252 g/mol. The van der Waals surface area contributed by atoms with E-state index in [0.29, 0.717) is 0 Å². The third-order valence-electron chi connectivity index (χ3n) is 4.12. The van der Waals surface area contributed by atoms with Crippen molar-refractivity contribution in [3.8, 4) is 0 Å². The molecule has 0 saturated carbocycles. The van der Waals surface area contributed by atoms with Crippen LogP contribution in [0.15, 0.2) is 36.4 Å². The van der Waals surface area contributed by atoms with Crippen LogP contribution in [0.1, 0.15) is 61.1 Å². The number of hydrogen-bond donors (Lipinski definition) is 0. The second-order valence-electron chi connectivity index (χ2n) is 5.72. The Bertz CT molecular complexity index is 495. The molecule has 0 aromatic heterocycles. The number of benzene rings is 2. The van der Waals surface area contributed by atoms with Gasteiger partial charge < -0.3 is 0 Å². The molecule has 0 heterocycles. The Balaban J connectivity index is 2.32. The molecule has 0 fully saturated rings. The van der Waals surface area contributed by atoms with E-state index in [1.54, 1.807) is 0 Å². The van der Waals surface area contributed by atoms with Crippen LogP contribution in [0.3, 0.4) is 0 Å². The summed E-state index contributed by atoms with van der Waals surface area (Å²) in [6, 6.07) is 14.0. The maximum Gasteiger partial charge on any atom is 0.0199 e. The Labute approximate surface area is 130 Å². The number of hydrogen-bond acceptors (Lipinski definition) is 0. The molecule has 0 bridgehead atoms. The highest BCUT2D eigenvalue weighted by molar-refractivity contribution is 5.44. The summed E-state index contributed by atoms with van der Waals surface area (Å²) in [5.41, 5.74) is 8.40. The average Bonchev–Trinajstić information content (AvgIpc) is 2.53. The second-order valence-corrected chi connectivity index (χ2v) is 5.72. The summed E-state index contributed by atoms with van der Waals surface area (Å²) < 4.78 is 0. The van der Waals surface area contributed by atoms with Crippen LogP contribution < -0.4 is 0 Å². The van der Waals surface area contributed by atoms with E-state index >= 15 is 0 Å². The zero-order valence-electron chi connectivity index (χ0n) is 13.9. The lowest BCUT2D eigenvalue weighted by atomic mass is 9.95. The predicted octanol–water partition coefficient (Wildman–Crippen LogP) is 5.54. The first-order chi connectivity index (χ1) is 10.2. The van der Waals surface area contributed by atoms with Crippen LogP contribution in [0.5, 0.6) is 0 Å². The Morgan fingerprint density at radius 3 is 1.05 bits per heavy atom.